The van der Waals surface area contributed by atoms with Crippen molar-refractivity contribution < 1.29 is 0 Å². The number of imidazole rings is 1. The molecule has 0 atom stereocenters. The van der Waals surface area contributed by atoms with E-state index in [2.05, 4.69) is 29.6 Å². The minimum absolute atomic E-state index is 0.460. The minimum Gasteiger partial charge on any atom is -0.335 e. The second-order valence-corrected chi connectivity index (χ2v) is 4.13. The second kappa shape index (κ2) is 2.10. The molecule has 1 aromatic rings. The van der Waals surface area contributed by atoms with Gasteiger partial charge in [0.05, 0.1) is 0 Å². The van der Waals surface area contributed by atoms with Gasteiger partial charge in [0.25, 0.3) is 0 Å². The summed E-state index contributed by atoms with van der Waals surface area (Å²) in [5, 5.41) is 0. The topological polar surface area (TPSA) is 17.8 Å². The van der Waals surface area contributed by atoms with Crippen LogP contribution in [0.2, 0.25) is 0 Å². The summed E-state index contributed by atoms with van der Waals surface area (Å²) in [6, 6.07) is 0. The predicted molar refractivity (Wildman–Crippen MR) is 44.3 cm³/mol. The smallest absolute Gasteiger partial charge is 0.109 e. The molecule has 0 saturated carbocycles. The van der Waals surface area contributed by atoms with Crippen molar-refractivity contribution in [3.8, 4) is 0 Å². The number of aromatic nitrogens is 2. The normalized spacial score (nSPS) is 21.3. The molecule has 2 rings (SSSR count). The molecule has 0 fully saturated rings. The van der Waals surface area contributed by atoms with Crippen molar-refractivity contribution in [1.29, 1.82) is 0 Å². The summed E-state index contributed by atoms with van der Waals surface area (Å²) in [5.41, 5.74) is 0.460. The monoisotopic (exact) mass is 150 g/mol. The van der Waals surface area contributed by atoms with E-state index >= 15 is 0 Å². The van der Waals surface area contributed by atoms with Crippen LogP contribution in [0.3, 0.4) is 0 Å². The summed E-state index contributed by atoms with van der Waals surface area (Å²) in [7, 11) is 0. The molecule has 0 unspecified atom stereocenters. The Morgan fingerprint density at radius 1 is 1.55 bits per heavy atom. The lowest BCUT2D eigenvalue weighted by atomic mass is 9.83. The van der Waals surface area contributed by atoms with Crippen LogP contribution in [0.5, 0.6) is 0 Å². The third-order valence-corrected chi connectivity index (χ3v) is 2.47. The zero-order chi connectivity index (χ0) is 7.90. The van der Waals surface area contributed by atoms with Crippen LogP contribution in [-0.2, 0) is 13.0 Å². The summed E-state index contributed by atoms with van der Waals surface area (Å²) in [4.78, 5) is 4.32. The third kappa shape index (κ3) is 1.17. The molecule has 0 aromatic carbocycles. The fourth-order valence-corrected chi connectivity index (χ4v) is 1.65. The molecular formula is C9H14N2. The Bertz CT molecular complexity index is 260. The zero-order valence-corrected chi connectivity index (χ0v) is 7.17. The van der Waals surface area contributed by atoms with E-state index in [-0.39, 0.29) is 0 Å². The molecule has 2 heteroatoms. The van der Waals surface area contributed by atoms with Gasteiger partial charge >= 0.3 is 0 Å². The molecule has 60 valence electrons. The van der Waals surface area contributed by atoms with Crippen LogP contribution in [0, 0.1) is 5.41 Å². The number of rotatable bonds is 0. The van der Waals surface area contributed by atoms with Crippen molar-refractivity contribution in [3.63, 3.8) is 0 Å². The van der Waals surface area contributed by atoms with Gasteiger partial charge in [-0.1, -0.05) is 13.8 Å². The third-order valence-electron chi connectivity index (χ3n) is 2.47. The van der Waals surface area contributed by atoms with E-state index in [0.29, 0.717) is 5.41 Å². The largest absolute Gasteiger partial charge is 0.335 e. The highest BCUT2D eigenvalue weighted by atomic mass is 15.1. The molecule has 0 bridgehead atoms. The Morgan fingerprint density at radius 3 is 3.18 bits per heavy atom. The summed E-state index contributed by atoms with van der Waals surface area (Å²) >= 11 is 0. The lowest BCUT2D eigenvalue weighted by Crippen LogP contribution is -2.25. The van der Waals surface area contributed by atoms with Gasteiger partial charge in [0.15, 0.2) is 0 Å². The lowest BCUT2D eigenvalue weighted by Gasteiger charge is -2.29. The van der Waals surface area contributed by atoms with E-state index in [1.54, 1.807) is 0 Å². The lowest BCUT2D eigenvalue weighted by molar-refractivity contribution is 0.267. The van der Waals surface area contributed by atoms with E-state index < -0.39 is 0 Å². The van der Waals surface area contributed by atoms with E-state index in [9.17, 15) is 0 Å². The van der Waals surface area contributed by atoms with Crippen LogP contribution < -0.4 is 0 Å². The van der Waals surface area contributed by atoms with Crippen molar-refractivity contribution in [2.75, 3.05) is 0 Å². The molecule has 1 aliphatic rings. The van der Waals surface area contributed by atoms with E-state index in [1.165, 1.54) is 12.2 Å². The van der Waals surface area contributed by atoms with Gasteiger partial charge in [-0.3, -0.25) is 0 Å². The fraction of sp³-hybridized carbons (Fsp3) is 0.667. The maximum Gasteiger partial charge on any atom is 0.109 e. The van der Waals surface area contributed by atoms with Gasteiger partial charge in [-0.25, -0.2) is 4.98 Å². The Balaban J connectivity index is 2.32. The molecule has 11 heavy (non-hydrogen) atoms. The summed E-state index contributed by atoms with van der Waals surface area (Å²) < 4.78 is 2.26. The van der Waals surface area contributed by atoms with Crippen LogP contribution in [-0.4, -0.2) is 9.55 Å². The van der Waals surface area contributed by atoms with Crippen LogP contribution in [0.15, 0.2) is 12.4 Å². The number of aryl methyl sites for hydroxylation is 1. The highest BCUT2D eigenvalue weighted by molar-refractivity contribution is 4.99. The van der Waals surface area contributed by atoms with Crippen LogP contribution in [0.25, 0.3) is 0 Å². The van der Waals surface area contributed by atoms with Gasteiger partial charge in [0.2, 0.25) is 0 Å². The van der Waals surface area contributed by atoms with Gasteiger partial charge in [0, 0.05) is 25.4 Å². The quantitative estimate of drug-likeness (QED) is 0.552. The molecule has 1 aromatic heterocycles. The standard InChI is InChI=1S/C9H14N2/c1-9(2)3-5-11-6-4-10-8(11)7-9/h4,6H,3,5,7H2,1-2H3. The Labute approximate surface area is 67.3 Å². The molecule has 0 saturated heterocycles. The zero-order valence-electron chi connectivity index (χ0n) is 7.17. The van der Waals surface area contributed by atoms with E-state index in [4.69, 9.17) is 0 Å². The van der Waals surface area contributed by atoms with Gasteiger partial charge in [-0.15, -0.1) is 0 Å². The van der Waals surface area contributed by atoms with Gasteiger partial charge in [-0.2, -0.15) is 0 Å². The average Bonchev–Trinajstić information content (AvgIpc) is 2.31. The van der Waals surface area contributed by atoms with Gasteiger partial charge in [0.1, 0.15) is 5.82 Å². The van der Waals surface area contributed by atoms with Gasteiger partial charge < -0.3 is 4.57 Å². The first kappa shape index (κ1) is 6.89. The minimum atomic E-state index is 0.460. The highest BCUT2D eigenvalue weighted by Gasteiger charge is 2.25. The molecule has 0 spiro atoms. The molecule has 1 aliphatic heterocycles. The Hall–Kier alpha value is -0.790. The van der Waals surface area contributed by atoms with E-state index in [1.807, 2.05) is 6.20 Å². The molecule has 2 nitrogen and oxygen atoms in total. The number of hydrogen-bond donors (Lipinski definition) is 0. The van der Waals surface area contributed by atoms with Crippen LogP contribution >= 0.6 is 0 Å². The fourth-order valence-electron chi connectivity index (χ4n) is 1.65. The Morgan fingerprint density at radius 2 is 2.36 bits per heavy atom. The van der Waals surface area contributed by atoms with E-state index in [0.717, 1.165) is 13.0 Å². The van der Waals surface area contributed by atoms with Crippen molar-refractivity contribution in [2.24, 2.45) is 5.41 Å². The first-order valence-electron chi connectivity index (χ1n) is 4.17. The molecule has 0 radical (unpaired) electrons. The van der Waals surface area contributed by atoms with Crippen molar-refractivity contribution in [2.45, 2.75) is 33.2 Å². The predicted octanol–water partition coefficient (Wildman–Crippen LogP) is 1.86. The maximum absolute atomic E-state index is 4.32. The molecule has 0 aliphatic carbocycles. The van der Waals surface area contributed by atoms with Crippen molar-refractivity contribution >= 4 is 0 Å². The van der Waals surface area contributed by atoms with Gasteiger partial charge in [-0.05, 0) is 11.8 Å². The highest BCUT2D eigenvalue weighted by Crippen LogP contribution is 2.29. The van der Waals surface area contributed by atoms with Crippen LogP contribution in [0.1, 0.15) is 26.1 Å². The Kier molecular flexibility index (Phi) is 1.31. The number of hydrogen-bond acceptors (Lipinski definition) is 1. The second-order valence-electron chi connectivity index (χ2n) is 4.13. The average molecular weight is 150 g/mol. The van der Waals surface area contributed by atoms with Crippen molar-refractivity contribution in [1.82, 2.24) is 9.55 Å². The number of nitrogens with zero attached hydrogens (tertiary/aromatic N) is 2. The molecular weight excluding hydrogens is 136 g/mol. The number of fused-ring (bicyclic) bond motifs is 1. The van der Waals surface area contributed by atoms with Crippen LogP contribution in [0.4, 0.5) is 0 Å². The maximum atomic E-state index is 4.32. The first-order chi connectivity index (χ1) is 5.17. The molecule has 2 heterocycles. The summed E-state index contributed by atoms with van der Waals surface area (Å²) in [6.07, 6.45) is 6.37. The summed E-state index contributed by atoms with van der Waals surface area (Å²) in [5.74, 6) is 1.25. The summed E-state index contributed by atoms with van der Waals surface area (Å²) in [6.45, 7) is 5.76. The molecule has 0 amide bonds. The SMILES string of the molecule is CC1(C)CCn2ccnc2C1. The van der Waals surface area contributed by atoms with Crippen molar-refractivity contribution in [3.05, 3.63) is 18.2 Å². The molecule has 0 N–H and O–H groups in total. The first-order valence-corrected chi connectivity index (χ1v) is 4.17.